The number of rotatable bonds is 2. The van der Waals surface area contributed by atoms with Crippen molar-refractivity contribution in [1.29, 1.82) is 0 Å². The molecule has 0 atom stereocenters. The number of carbonyl (C=O) groups excluding carboxylic acids is 1. The number of pyridine rings is 1. The first kappa shape index (κ1) is 13.3. The number of aryl methyl sites for hydroxylation is 2. The molecule has 0 saturated heterocycles. The Labute approximate surface area is 123 Å². The van der Waals surface area contributed by atoms with E-state index in [1.165, 1.54) is 5.56 Å². The molecule has 0 saturated carbocycles. The summed E-state index contributed by atoms with van der Waals surface area (Å²) in [6.45, 7) is 4.08. The summed E-state index contributed by atoms with van der Waals surface area (Å²) in [5.74, 6) is -0.137. The average molecular weight is 276 g/mol. The third kappa shape index (κ3) is 2.63. The highest BCUT2D eigenvalue weighted by Gasteiger charge is 2.11. The highest BCUT2D eigenvalue weighted by atomic mass is 16.1. The molecule has 3 aromatic rings. The molecule has 0 fully saturated rings. The second kappa shape index (κ2) is 5.37. The Morgan fingerprint density at radius 3 is 2.62 bits per heavy atom. The van der Waals surface area contributed by atoms with Crippen LogP contribution in [-0.4, -0.2) is 10.9 Å². The summed E-state index contributed by atoms with van der Waals surface area (Å²) >= 11 is 0. The van der Waals surface area contributed by atoms with Gasteiger partial charge in [0, 0.05) is 17.3 Å². The van der Waals surface area contributed by atoms with Gasteiger partial charge in [-0.25, -0.2) is 0 Å². The van der Waals surface area contributed by atoms with Crippen molar-refractivity contribution in [2.45, 2.75) is 13.8 Å². The minimum Gasteiger partial charge on any atom is -0.322 e. The third-order valence-electron chi connectivity index (χ3n) is 3.64. The lowest BCUT2D eigenvalue weighted by atomic mass is 10.1. The van der Waals surface area contributed by atoms with Crippen LogP contribution in [0.3, 0.4) is 0 Å². The van der Waals surface area contributed by atoms with Gasteiger partial charge in [-0.2, -0.15) is 0 Å². The van der Waals surface area contributed by atoms with Gasteiger partial charge in [-0.3, -0.25) is 9.78 Å². The molecular formula is C18H16N2O. The molecule has 0 radical (unpaired) electrons. The number of nitrogens with zero attached hydrogens (tertiary/aromatic N) is 1. The van der Waals surface area contributed by atoms with Crippen molar-refractivity contribution in [3.8, 4) is 0 Å². The second-order valence-electron chi connectivity index (χ2n) is 5.13. The first-order valence-electron chi connectivity index (χ1n) is 6.87. The minimum atomic E-state index is -0.137. The van der Waals surface area contributed by atoms with Gasteiger partial charge in [0.15, 0.2) is 0 Å². The fourth-order valence-electron chi connectivity index (χ4n) is 2.31. The van der Waals surface area contributed by atoms with Gasteiger partial charge in [-0.05, 0) is 49.2 Å². The van der Waals surface area contributed by atoms with Crippen LogP contribution in [0.15, 0.2) is 54.7 Å². The normalized spacial score (nSPS) is 10.6. The molecule has 3 rings (SSSR count). The number of hydrogen-bond donors (Lipinski definition) is 1. The summed E-state index contributed by atoms with van der Waals surface area (Å²) in [4.78, 5) is 16.8. The van der Waals surface area contributed by atoms with E-state index >= 15 is 0 Å². The van der Waals surface area contributed by atoms with E-state index in [0.717, 1.165) is 22.2 Å². The number of para-hydroxylation sites is 1. The fraction of sp³-hybridized carbons (Fsp3) is 0.111. The molecule has 1 amide bonds. The summed E-state index contributed by atoms with van der Waals surface area (Å²) in [6, 6.07) is 15.3. The number of amides is 1. The van der Waals surface area contributed by atoms with Crippen LogP contribution in [0.5, 0.6) is 0 Å². The molecule has 3 nitrogen and oxygen atoms in total. The summed E-state index contributed by atoms with van der Waals surface area (Å²) in [5.41, 5.74) is 4.48. The van der Waals surface area contributed by atoms with Crippen LogP contribution in [0, 0.1) is 13.8 Å². The molecule has 0 unspecified atom stereocenters. The molecule has 2 aromatic carbocycles. The molecule has 1 N–H and O–H groups in total. The van der Waals surface area contributed by atoms with E-state index < -0.39 is 0 Å². The van der Waals surface area contributed by atoms with Crippen molar-refractivity contribution in [3.05, 3.63) is 71.4 Å². The Balaban J connectivity index is 1.95. The molecule has 1 heterocycles. The minimum absolute atomic E-state index is 0.137. The second-order valence-corrected chi connectivity index (χ2v) is 5.13. The Morgan fingerprint density at radius 2 is 1.81 bits per heavy atom. The molecule has 3 heteroatoms. The number of hydrogen-bond acceptors (Lipinski definition) is 2. The van der Waals surface area contributed by atoms with Gasteiger partial charge in [0.1, 0.15) is 0 Å². The molecule has 0 bridgehead atoms. The molecule has 1 aromatic heterocycles. The lowest BCUT2D eigenvalue weighted by Gasteiger charge is -2.09. The number of carbonyl (C=O) groups is 1. The molecule has 0 aliphatic heterocycles. The van der Waals surface area contributed by atoms with Crippen LogP contribution in [0.1, 0.15) is 21.5 Å². The Bertz CT molecular complexity index is 819. The van der Waals surface area contributed by atoms with E-state index in [2.05, 4.69) is 17.2 Å². The van der Waals surface area contributed by atoms with Crippen LogP contribution in [0.25, 0.3) is 10.9 Å². The van der Waals surface area contributed by atoms with E-state index in [1.807, 2.05) is 49.4 Å². The maximum absolute atomic E-state index is 12.5. The highest BCUT2D eigenvalue weighted by molar-refractivity contribution is 6.11. The average Bonchev–Trinajstić information content (AvgIpc) is 2.50. The zero-order valence-corrected chi connectivity index (χ0v) is 12.1. The zero-order valence-electron chi connectivity index (χ0n) is 12.1. The predicted octanol–water partition coefficient (Wildman–Crippen LogP) is 4.10. The quantitative estimate of drug-likeness (QED) is 0.765. The van der Waals surface area contributed by atoms with Gasteiger partial charge >= 0.3 is 0 Å². The summed E-state index contributed by atoms with van der Waals surface area (Å²) in [5, 5.41) is 3.90. The van der Waals surface area contributed by atoms with E-state index in [0.29, 0.717) is 5.56 Å². The Hall–Kier alpha value is -2.68. The SMILES string of the molecule is Cc1ccc(NC(=O)c2cccc3cccnc23)cc1C. The first-order chi connectivity index (χ1) is 10.1. The Kier molecular flexibility index (Phi) is 3.40. The van der Waals surface area contributed by atoms with Gasteiger partial charge < -0.3 is 5.32 Å². The van der Waals surface area contributed by atoms with Crippen LogP contribution in [0.2, 0.25) is 0 Å². The van der Waals surface area contributed by atoms with Crippen LogP contribution >= 0.6 is 0 Å². The molecule has 21 heavy (non-hydrogen) atoms. The highest BCUT2D eigenvalue weighted by Crippen LogP contribution is 2.19. The van der Waals surface area contributed by atoms with Crippen LogP contribution < -0.4 is 5.32 Å². The van der Waals surface area contributed by atoms with E-state index in [9.17, 15) is 4.79 Å². The fourth-order valence-corrected chi connectivity index (χ4v) is 2.31. The topological polar surface area (TPSA) is 42.0 Å². The maximum Gasteiger partial charge on any atom is 0.257 e. The molecule has 0 spiro atoms. The van der Waals surface area contributed by atoms with Crippen molar-refractivity contribution in [1.82, 2.24) is 4.98 Å². The van der Waals surface area contributed by atoms with Crippen molar-refractivity contribution >= 4 is 22.5 Å². The van der Waals surface area contributed by atoms with Gasteiger partial charge in [-0.1, -0.05) is 24.3 Å². The number of anilines is 1. The first-order valence-corrected chi connectivity index (χ1v) is 6.87. The molecule has 0 aliphatic carbocycles. The summed E-state index contributed by atoms with van der Waals surface area (Å²) in [7, 11) is 0. The van der Waals surface area contributed by atoms with Crippen molar-refractivity contribution in [2.75, 3.05) is 5.32 Å². The van der Waals surface area contributed by atoms with Gasteiger partial charge in [0.05, 0.1) is 11.1 Å². The van der Waals surface area contributed by atoms with Gasteiger partial charge in [0.2, 0.25) is 0 Å². The molecule has 0 aliphatic rings. The van der Waals surface area contributed by atoms with Gasteiger partial charge in [0.25, 0.3) is 5.91 Å². The van der Waals surface area contributed by atoms with E-state index in [1.54, 1.807) is 12.3 Å². The molecule has 104 valence electrons. The van der Waals surface area contributed by atoms with E-state index in [-0.39, 0.29) is 5.91 Å². The number of fused-ring (bicyclic) bond motifs is 1. The standard InChI is InChI=1S/C18H16N2O/c1-12-8-9-15(11-13(12)2)20-18(21)16-7-3-5-14-6-4-10-19-17(14)16/h3-11H,1-2H3,(H,20,21). The smallest absolute Gasteiger partial charge is 0.257 e. The number of nitrogens with one attached hydrogen (secondary N) is 1. The summed E-state index contributed by atoms with van der Waals surface area (Å²) in [6.07, 6.45) is 1.70. The lowest BCUT2D eigenvalue weighted by molar-refractivity contribution is 0.102. The maximum atomic E-state index is 12.5. The Morgan fingerprint density at radius 1 is 1.00 bits per heavy atom. The number of aromatic nitrogens is 1. The third-order valence-corrected chi connectivity index (χ3v) is 3.64. The zero-order chi connectivity index (χ0) is 14.8. The van der Waals surface area contributed by atoms with E-state index in [4.69, 9.17) is 0 Å². The van der Waals surface area contributed by atoms with Crippen molar-refractivity contribution in [3.63, 3.8) is 0 Å². The largest absolute Gasteiger partial charge is 0.322 e. The number of benzene rings is 2. The molecular weight excluding hydrogens is 260 g/mol. The van der Waals surface area contributed by atoms with Gasteiger partial charge in [-0.15, -0.1) is 0 Å². The monoisotopic (exact) mass is 276 g/mol. The van der Waals surface area contributed by atoms with Crippen LogP contribution in [0.4, 0.5) is 5.69 Å². The van der Waals surface area contributed by atoms with Crippen molar-refractivity contribution < 1.29 is 4.79 Å². The van der Waals surface area contributed by atoms with Crippen molar-refractivity contribution in [2.24, 2.45) is 0 Å². The summed E-state index contributed by atoms with van der Waals surface area (Å²) < 4.78 is 0. The predicted molar refractivity (Wildman–Crippen MR) is 85.6 cm³/mol. The lowest BCUT2D eigenvalue weighted by Crippen LogP contribution is -2.13. The van der Waals surface area contributed by atoms with Crippen LogP contribution in [-0.2, 0) is 0 Å².